The number of rotatable bonds is 3. The van der Waals surface area contributed by atoms with Crippen molar-refractivity contribution in [1.82, 2.24) is 0 Å². The highest BCUT2D eigenvalue weighted by atomic mass is 35.5. The lowest BCUT2D eigenvalue weighted by Crippen LogP contribution is -2.06. The Morgan fingerprint density at radius 2 is 1.29 bits per heavy atom. The summed E-state index contributed by atoms with van der Waals surface area (Å²) in [4.78, 5) is 1.26. The predicted octanol–water partition coefficient (Wildman–Crippen LogP) is 6.28. The fourth-order valence-electron chi connectivity index (χ4n) is 2.94. The highest BCUT2D eigenvalue weighted by Gasteiger charge is 2.21. The van der Waals surface area contributed by atoms with Gasteiger partial charge in [-0.15, -0.1) is 23.4 Å². The Labute approximate surface area is 137 Å². The molecule has 112 valence electrons. The smallest absolute Gasteiger partial charge is 0.0851 e. The third-order valence-corrected chi connectivity index (χ3v) is 5.99. The van der Waals surface area contributed by atoms with Crippen molar-refractivity contribution >= 4 is 23.4 Å². The molecule has 0 aliphatic carbocycles. The van der Waals surface area contributed by atoms with E-state index in [0.29, 0.717) is 0 Å². The molecule has 0 fully saturated rings. The fourth-order valence-corrected chi connectivity index (χ4v) is 4.16. The van der Waals surface area contributed by atoms with Crippen LogP contribution >= 0.6 is 23.4 Å². The van der Waals surface area contributed by atoms with Gasteiger partial charge in [0.25, 0.3) is 0 Å². The minimum atomic E-state index is -0.0911. The van der Waals surface area contributed by atoms with E-state index in [0.717, 1.165) is 0 Å². The first-order valence-electron chi connectivity index (χ1n) is 7.24. The van der Waals surface area contributed by atoms with Crippen LogP contribution in [0, 0.1) is 34.6 Å². The Kier molecular flexibility index (Phi) is 5.06. The summed E-state index contributed by atoms with van der Waals surface area (Å²) in [6.07, 6.45) is 2.10. The van der Waals surface area contributed by atoms with Gasteiger partial charge >= 0.3 is 0 Å². The van der Waals surface area contributed by atoms with Crippen molar-refractivity contribution in [2.24, 2.45) is 0 Å². The molecule has 21 heavy (non-hydrogen) atoms. The first-order valence-corrected chi connectivity index (χ1v) is 8.90. The van der Waals surface area contributed by atoms with Crippen molar-refractivity contribution in [3.05, 3.63) is 63.2 Å². The minimum absolute atomic E-state index is 0.0911. The lowest BCUT2D eigenvalue weighted by Gasteiger charge is -2.23. The number of thioether (sulfide) groups is 1. The zero-order valence-corrected chi connectivity index (χ0v) is 15.2. The first kappa shape index (κ1) is 16.5. The van der Waals surface area contributed by atoms with Gasteiger partial charge in [-0.05, 0) is 85.9 Å². The standard InChI is InChI=1S/C19H23ClS/c1-11-12(2)14(4)18(15(5)13(11)3)19(20)16-9-7-8-10-17(16)21-6/h7-10,19H,1-6H3. The number of halogens is 1. The molecular formula is C19H23ClS. The van der Waals surface area contributed by atoms with Gasteiger partial charge in [-0.2, -0.15) is 0 Å². The van der Waals surface area contributed by atoms with Crippen LogP contribution in [0.5, 0.6) is 0 Å². The molecule has 0 aliphatic heterocycles. The molecule has 0 spiro atoms. The molecule has 0 N–H and O–H groups in total. The molecular weight excluding hydrogens is 296 g/mol. The minimum Gasteiger partial charge on any atom is -0.129 e. The van der Waals surface area contributed by atoms with Crippen LogP contribution in [0.15, 0.2) is 29.2 Å². The summed E-state index contributed by atoms with van der Waals surface area (Å²) < 4.78 is 0. The summed E-state index contributed by atoms with van der Waals surface area (Å²) in [6.45, 7) is 11.0. The summed E-state index contributed by atoms with van der Waals surface area (Å²) in [6, 6.07) is 8.44. The van der Waals surface area contributed by atoms with Crippen LogP contribution < -0.4 is 0 Å². The van der Waals surface area contributed by atoms with Crippen LogP contribution in [-0.4, -0.2) is 6.26 Å². The lowest BCUT2D eigenvalue weighted by atomic mass is 9.86. The van der Waals surface area contributed by atoms with Crippen LogP contribution in [0.4, 0.5) is 0 Å². The highest BCUT2D eigenvalue weighted by molar-refractivity contribution is 7.98. The molecule has 0 nitrogen and oxygen atoms in total. The van der Waals surface area contributed by atoms with Crippen LogP contribution in [0.3, 0.4) is 0 Å². The maximum atomic E-state index is 6.91. The van der Waals surface area contributed by atoms with E-state index in [2.05, 4.69) is 65.1 Å². The Morgan fingerprint density at radius 3 is 1.81 bits per heavy atom. The van der Waals surface area contributed by atoms with Gasteiger partial charge in [0, 0.05) is 4.90 Å². The topological polar surface area (TPSA) is 0 Å². The molecule has 1 atom stereocenters. The summed E-state index contributed by atoms with van der Waals surface area (Å²) in [5, 5.41) is -0.0911. The maximum absolute atomic E-state index is 6.91. The van der Waals surface area contributed by atoms with E-state index >= 15 is 0 Å². The lowest BCUT2D eigenvalue weighted by molar-refractivity contribution is 1.01. The predicted molar refractivity (Wildman–Crippen MR) is 96.0 cm³/mol. The largest absolute Gasteiger partial charge is 0.129 e. The third kappa shape index (κ3) is 2.86. The summed E-state index contributed by atoms with van der Waals surface area (Å²) in [5.41, 5.74) is 9.24. The van der Waals surface area contributed by atoms with E-state index in [-0.39, 0.29) is 5.38 Å². The molecule has 0 bridgehead atoms. The van der Waals surface area contributed by atoms with Crippen LogP contribution in [-0.2, 0) is 0 Å². The fraction of sp³-hybridized carbons (Fsp3) is 0.368. The Bertz CT molecular complexity index is 645. The molecule has 2 aromatic carbocycles. The van der Waals surface area contributed by atoms with Crippen LogP contribution in [0.1, 0.15) is 44.3 Å². The summed E-state index contributed by atoms with van der Waals surface area (Å²) in [5.74, 6) is 0. The van der Waals surface area contributed by atoms with Gasteiger partial charge in [0.1, 0.15) is 0 Å². The van der Waals surface area contributed by atoms with Crippen molar-refractivity contribution in [2.45, 2.75) is 44.9 Å². The van der Waals surface area contributed by atoms with Crippen molar-refractivity contribution in [1.29, 1.82) is 0 Å². The second-order valence-electron chi connectivity index (χ2n) is 5.64. The van der Waals surface area contributed by atoms with Crippen molar-refractivity contribution < 1.29 is 0 Å². The number of benzene rings is 2. The van der Waals surface area contributed by atoms with Gasteiger partial charge in [0.15, 0.2) is 0 Å². The normalized spacial score (nSPS) is 12.5. The molecule has 1 unspecified atom stereocenters. The van der Waals surface area contributed by atoms with Crippen LogP contribution in [0.25, 0.3) is 0 Å². The van der Waals surface area contributed by atoms with Gasteiger partial charge < -0.3 is 0 Å². The molecule has 0 amide bonds. The number of alkyl halides is 1. The quantitative estimate of drug-likeness (QED) is 0.474. The van der Waals surface area contributed by atoms with E-state index in [4.69, 9.17) is 11.6 Å². The van der Waals surface area contributed by atoms with E-state index in [1.807, 2.05) is 0 Å². The van der Waals surface area contributed by atoms with Gasteiger partial charge in [-0.25, -0.2) is 0 Å². The highest BCUT2D eigenvalue weighted by Crippen LogP contribution is 2.40. The molecule has 2 heteroatoms. The molecule has 2 aromatic rings. The molecule has 0 aliphatic rings. The van der Waals surface area contributed by atoms with Crippen molar-refractivity contribution in [2.75, 3.05) is 6.26 Å². The van der Waals surface area contributed by atoms with Crippen molar-refractivity contribution in [3.63, 3.8) is 0 Å². The monoisotopic (exact) mass is 318 g/mol. The molecule has 2 rings (SSSR count). The summed E-state index contributed by atoms with van der Waals surface area (Å²) >= 11 is 8.67. The SMILES string of the molecule is CSc1ccccc1C(Cl)c1c(C)c(C)c(C)c(C)c1C. The molecule has 0 radical (unpaired) electrons. The number of hydrogen-bond donors (Lipinski definition) is 0. The Morgan fingerprint density at radius 1 is 0.810 bits per heavy atom. The molecule has 0 saturated carbocycles. The van der Waals surface area contributed by atoms with Gasteiger partial charge in [0.2, 0.25) is 0 Å². The average molecular weight is 319 g/mol. The van der Waals surface area contributed by atoms with E-state index in [1.165, 1.54) is 43.8 Å². The van der Waals surface area contributed by atoms with E-state index < -0.39 is 0 Å². The Hall–Kier alpha value is -0.920. The zero-order valence-electron chi connectivity index (χ0n) is 13.7. The molecule has 0 aromatic heterocycles. The number of hydrogen-bond acceptors (Lipinski definition) is 1. The second kappa shape index (κ2) is 6.46. The van der Waals surface area contributed by atoms with Gasteiger partial charge in [-0.3, -0.25) is 0 Å². The first-order chi connectivity index (χ1) is 9.90. The van der Waals surface area contributed by atoms with E-state index in [9.17, 15) is 0 Å². The average Bonchev–Trinajstić information content (AvgIpc) is 2.51. The van der Waals surface area contributed by atoms with Crippen molar-refractivity contribution in [3.8, 4) is 0 Å². The van der Waals surface area contributed by atoms with Gasteiger partial charge in [-0.1, -0.05) is 18.2 Å². The summed E-state index contributed by atoms with van der Waals surface area (Å²) in [7, 11) is 0. The Balaban J connectivity index is 2.67. The second-order valence-corrected chi connectivity index (χ2v) is 6.93. The van der Waals surface area contributed by atoms with Gasteiger partial charge in [0.05, 0.1) is 5.38 Å². The van der Waals surface area contributed by atoms with Crippen LogP contribution in [0.2, 0.25) is 0 Å². The van der Waals surface area contributed by atoms with E-state index in [1.54, 1.807) is 11.8 Å². The zero-order chi connectivity index (χ0) is 15.7. The third-order valence-electron chi connectivity index (χ3n) is 4.72. The molecule has 0 saturated heterocycles. The molecule has 0 heterocycles. The maximum Gasteiger partial charge on any atom is 0.0851 e.